The normalized spacial score (nSPS) is 23.9. The first-order valence-corrected chi connectivity index (χ1v) is 30.2. The van der Waals surface area contributed by atoms with Crippen molar-refractivity contribution >= 4 is 82.7 Å². The molecule has 1 heterocycles. The number of aliphatic hydroxyl groups excluding tert-OH is 4. The van der Waals surface area contributed by atoms with Gasteiger partial charge in [0.1, 0.15) is 54.6 Å². The fourth-order valence-electron chi connectivity index (χ4n) is 8.93. The summed E-state index contributed by atoms with van der Waals surface area (Å²) in [6.45, 7) is 2.68. The number of hydrogen-bond acceptors (Lipinski definition) is 20. The maximum Gasteiger partial charge on any atom is 0.335 e. The first-order chi connectivity index (χ1) is 41.3. The molecule has 0 saturated carbocycles. The van der Waals surface area contributed by atoms with E-state index >= 15 is 0 Å². The average molecular weight is 1260 g/mol. The van der Waals surface area contributed by atoms with Gasteiger partial charge in [-0.05, 0) is 72.0 Å². The van der Waals surface area contributed by atoms with E-state index in [0.717, 1.165) is 51.5 Å². The van der Waals surface area contributed by atoms with Crippen LogP contribution in [0.4, 0.5) is 0 Å². The summed E-state index contributed by atoms with van der Waals surface area (Å²) in [4.78, 5) is 163. The van der Waals surface area contributed by atoms with Crippen molar-refractivity contribution in [2.24, 2.45) is 17.2 Å². The lowest BCUT2D eigenvalue weighted by Gasteiger charge is -2.28. The Hall–Kier alpha value is -6.61. The van der Waals surface area contributed by atoms with Crippen LogP contribution in [0.2, 0.25) is 0 Å². The second-order valence-electron chi connectivity index (χ2n) is 21.3. The maximum atomic E-state index is 14.2. The van der Waals surface area contributed by atoms with Crippen LogP contribution in [0.5, 0.6) is 0 Å². The number of carbonyl (C=O) groups is 12. The number of aliphatic carboxylic acids is 2. The lowest BCUT2D eigenvalue weighted by molar-refractivity contribution is -0.155. The molecule has 0 radical (unpaired) electrons. The van der Waals surface area contributed by atoms with Gasteiger partial charge in [-0.1, -0.05) is 96.5 Å². The highest BCUT2D eigenvalue weighted by Gasteiger charge is 2.41. The molecule has 0 aromatic rings. The van der Waals surface area contributed by atoms with Gasteiger partial charge in [0.25, 0.3) is 5.91 Å². The first kappa shape index (κ1) is 78.4. The summed E-state index contributed by atoms with van der Waals surface area (Å²) < 4.78 is 5.29. The molecule has 1 saturated heterocycles. The zero-order chi connectivity index (χ0) is 65.6. The average Bonchev–Trinajstić information content (AvgIpc) is 3.53. The van der Waals surface area contributed by atoms with Crippen LogP contribution >= 0.6 is 11.6 Å². The van der Waals surface area contributed by atoms with E-state index in [-0.39, 0.29) is 45.3 Å². The molecule has 1 aliphatic rings. The van der Waals surface area contributed by atoms with E-state index in [1.807, 2.05) is 10.6 Å². The second-order valence-corrected chi connectivity index (χ2v) is 21.6. The van der Waals surface area contributed by atoms with E-state index in [0.29, 0.717) is 12.8 Å². The van der Waals surface area contributed by atoms with Gasteiger partial charge >= 0.3 is 17.9 Å². The topological polar surface area (TPSA) is 522 Å². The number of carbonyl (C=O) groups excluding carboxylic acids is 10. The first-order valence-electron chi connectivity index (χ1n) is 29.7. The van der Waals surface area contributed by atoms with E-state index in [1.165, 1.54) is 45.4 Å². The number of nitrogens with two attached hydrogens (primary N) is 3. The number of aliphatic hydroxyl groups is 4. The van der Waals surface area contributed by atoms with Crippen molar-refractivity contribution in [1.82, 2.24) is 47.9 Å². The zero-order valence-corrected chi connectivity index (χ0v) is 50.7. The Labute approximate surface area is 511 Å². The van der Waals surface area contributed by atoms with Crippen LogP contribution in [-0.4, -0.2) is 207 Å². The minimum atomic E-state index is -2.83. The molecule has 87 heavy (non-hydrogen) atoms. The van der Waals surface area contributed by atoms with Crippen molar-refractivity contribution in [3.8, 4) is 0 Å². The quantitative estimate of drug-likeness (QED) is 0.0134. The number of rotatable bonds is 32. The van der Waals surface area contributed by atoms with Crippen LogP contribution in [-0.2, 0) is 62.3 Å². The van der Waals surface area contributed by atoms with Gasteiger partial charge in [0.15, 0.2) is 12.1 Å². The van der Waals surface area contributed by atoms with Crippen LogP contribution in [0.25, 0.3) is 0 Å². The van der Waals surface area contributed by atoms with Gasteiger partial charge in [-0.15, -0.1) is 11.6 Å². The molecule has 1 aliphatic heterocycles. The molecule has 496 valence electrons. The van der Waals surface area contributed by atoms with E-state index in [9.17, 15) is 88.2 Å². The van der Waals surface area contributed by atoms with Gasteiger partial charge in [-0.2, -0.15) is 0 Å². The van der Waals surface area contributed by atoms with Crippen molar-refractivity contribution < 1.29 is 92.9 Å². The Kier molecular flexibility index (Phi) is 39.6. The number of halogens is 1. The van der Waals surface area contributed by atoms with Crippen molar-refractivity contribution in [1.29, 1.82) is 0 Å². The standard InChI is InChI=1S/C55H95ClN12O19/c1-4-6-7-8-9-10-11-12-13-14-15-16-17-20-32(70)27-40(72)60-38-30-87-55(86)43(39(71)29-56)67-53(83)44(45(75)54(84)85)68-46(76)33(5-2)61-52(82)42(31(3)69)66-49(79)36(23-26-59)63-47(77)34(21-18-19-24-57)62-50(80)37(28-41(73)74)65-48(78)35(22-25-58)64-51(38)81/h5,31-32,34-39,42-45,69-71,75H,4,6-30,57-59H2,1-3H3,(H,60,72)(H,61,82)(H,62,80)(H,63,77)(H,64,81)(H,65,78)(H,66,79)(H,67,83)(H,68,76)(H,73,74)(H,84,85)/b33-5+/t31-,32+,34-,35+,36-,37-,38-,39+,42-,43-,44-,45?/m0/s1. The Bertz CT molecular complexity index is 2270. The highest BCUT2D eigenvalue weighted by atomic mass is 35.5. The van der Waals surface area contributed by atoms with Crippen LogP contribution in [0.15, 0.2) is 11.8 Å². The number of carboxylic acid groups (broad SMARTS) is 2. The molecule has 0 spiro atoms. The summed E-state index contributed by atoms with van der Waals surface area (Å²) in [5.74, 6) is -17.8. The Balaban J connectivity index is 3.88. The van der Waals surface area contributed by atoms with E-state index in [2.05, 4.69) is 44.1 Å². The highest BCUT2D eigenvalue weighted by Crippen LogP contribution is 2.15. The van der Waals surface area contributed by atoms with E-state index < -0.39 is 181 Å². The van der Waals surface area contributed by atoms with Gasteiger partial charge < -0.3 is 100 Å². The molecule has 1 fully saturated rings. The fraction of sp³-hybridized carbons (Fsp3) is 0.745. The van der Waals surface area contributed by atoms with E-state index in [4.69, 9.17) is 33.5 Å². The molecule has 21 N–H and O–H groups in total. The van der Waals surface area contributed by atoms with Crippen LogP contribution < -0.4 is 65.1 Å². The number of alkyl halides is 1. The molecule has 31 nitrogen and oxygen atoms in total. The lowest BCUT2D eigenvalue weighted by Crippen LogP contribution is -2.62. The molecule has 12 atom stereocenters. The van der Waals surface area contributed by atoms with E-state index in [1.54, 1.807) is 0 Å². The van der Waals surface area contributed by atoms with Crippen molar-refractivity contribution in [2.75, 3.05) is 32.1 Å². The number of amides is 9. The number of cyclic esters (lactones) is 1. The zero-order valence-electron chi connectivity index (χ0n) is 50.0. The molecular weight excluding hydrogens is 1170 g/mol. The van der Waals surface area contributed by atoms with Crippen molar-refractivity contribution in [3.63, 3.8) is 0 Å². The number of carboxylic acids is 2. The fourth-order valence-corrected chi connectivity index (χ4v) is 9.11. The minimum Gasteiger partial charge on any atom is -0.481 e. The van der Waals surface area contributed by atoms with Crippen LogP contribution in [0.3, 0.4) is 0 Å². The second kappa shape index (κ2) is 43.9. The van der Waals surface area contributed by atoms with Crippen LogP contribution in [0, 0.1) is 0 Å². The molecule has 1 rings (SSSR count). The third-order valence-corrected chi connectivity index (χ3v) is 14.3. The number of unbranched alkanes of at least 4 members (excludes halogenated alkanes) is 13. The smallest absolute Gasteiger partial charge is 0.335 e. The SMILES string of the molecule is C/C=C1/NC(=O)[C@H]([C@H](C)O)NC(=O)[C@H](CCN)NC(=O)[C@H](CCCCN)NC(=O)[C@H](CC(=O)O)NC(=O)[C@@H](CCN)NC(=O)[C@@H](NC(=O)C[C@H](O)CCCCCCCCCCCCCCC)COC(=O)[C@H]([C@H](O)CCl)NC(=O)[C@H](C(O)C(=O)O)NC1=O. The summed E-state index contributed by atoms with van der Waals surface area (Å²) in [6, 6.07) is -15.8. The van der Waals surface area contributed by atoms with Gasteiger partial charge in [0.05, 0.1) is 37.0 Å². The minimum absolute atomic E-state index is 0.123. The van der Waals surface area contributed by atoms with Crippen molar-refractivity contribution in [3.05, 3.63) is 11.8 Å². The van der Waals surface area contributed by atoms with Crippen LogP contribution in [0.1, 0.15) is 156 Å². The molecule has 0 aliphatic carbocycles. The summed E-state index contributed by atoms with van der Waals surface area (Å²) in [7, 11) is 0. The predicted octanol–water partition coefficient (Wildman–Crippen LogP) is -3.60. The number of hydrogen-bond donors (Lipinski definition) is 18. The lowest BCUT2D eigenvalue weighted by atomic mass is 10.0. The summed E-state index contributed by atoms with van der Waals surface area (Å²) in [5.41, 5.74) is 16.5. The molecule has 9 amide bonds. The molecule has 0 bridgehead atoms. The Morgan fingerprint density at radius 2 is 1.08 bits per heavy atom. The molecule has 32 heteroatoms. The number of ether oxygens (including phenoxy) is 1. The molecular formula is C55H95ClN12O19. The summed E-state index contributed by atoms with van der Waals surface area (Å²) >= 11 is 5.87. The summed E-state index contributed by atoms with van der Waals surface area (Å²) in [5, 5.41) is 82.4. The predicted molar refractivity (Wildman–Crippen MR) is 314 cm³/mol. The molecule has 0 aromatic heterocycles. The molecule has 1 unspecified atom stereocenters. The highest BCUT2D eigenvalue weighted by molar-refractivity contribution is 6.18. The van der Waals surface area contributed by atoms with Gasteiger partial charge in [-0.25, -0.2) is 9.59 Å². The van der Waals surface area contributed by atoms with Gasteiger partial charge in [0.2, 0.25) is 47.3 Å². The third-order valence-electron chi connectivity index (χ3n) is 14.0. The van der Waals surface area contributed by atoms with Crippen molar-refractivity contribution in [2.45, 2.75) is 228 Å². The number of esters is 1. The summed E-state index contributed by atoms with van der Waals surface area (Å²) in [6.07, 6.45) is 4.80. The number of allylic oxidation sites excluding steroid dienone is 1. The third kappa shape index (κ3) is 30.7. The Morgan fingerprint density at radius 3 is 1.56 bits per heavy atom. The molecule has 0 aromatic carbocycles. The Morgan fingerprint density at radius 1 is 0.598 bits per heavy atom. The maximum absolute atomic E-state index is 14.2. The number of nitrogens with one attached hydrogen (secondary N) is 9. The van der Waals surface area contributed by atoms with Gasteiger partial charge in [0, 0.05) is 0 Å². The monoisotopic (exact) mass is 1260 g/mol. The largest absolute Gasteiger partial charge is 0.481 e. The van der Waals surface area contributed by atoms with Gasteiger partial charge in [-0.3, -0.25) is 47.9 Å².